The molecule has 3 aromatic rings. The van der Waals surface area contributed by atoms with Gasteiger partial charge in [-0.2, -0.15) is 0 Å². The van der Waals surface area contributed by atoms with Crippen molar-refractivity contribution in [3.8, 4) is 11.5 Å². The van der Waals surface area contributed by atoms with Crippen molar-refractivity contribution in [2.24, 2.45) is 0 Å². The average Bonchev–Trinajstić information content (AvgIpc) is 2.84. The molecule has 0 aromatic heterocycles. The molecule has 0 aliphatic carbocycles. The fourth-order valence-electron chi connectivity index (χ4n) is 3.68. The molecule has 1 amide bonds. The van der Waals surface area contributed by atoms with Gasteiger partial charge in [-0.05, 0) is 53.6 Å². The summed E-state index contributed by atoms with van der Waals surface area (Å²) in [7, 11) is 3.35. The lowest BCUT2D eigenvalue weighted by Gasteiger charge is -2.26. The molecule has 32 heavy (non-hydrogen) atoms. The van der Waals surface area contributed by atoms with Crippen LogP contribution >= 0.6 is 0 Å². The Hall–Kier alpha value is -3.80. The van der Waals surface area contributed by atoms with Crippen molar-refractivity contribution < 1.29 is 23.8 Å². The molecule has 0 fully saturated rings. The standard InChI is InChI=1S/C26H25NO5/c1-27(14-15-31-22-11-9-21(30-2)10-12-22)25(28)19-8-13-23-20(16-19)17-24(32-26(23)29)18-6-4-3-5-7-18/h3-13,16,24H,14-15,17H2,1-2H3. The van der Waals surface area contributed by atoms with Crippen molar-refractivity contribution >= 4 is 11.9 Å². The molecule has 1 atom stereocenters. The zero-order valence-corrected chi connectivity index (χ0v) is 18.1. The van der Waals surface area contributed by atoms with E-state index in [1.54, 1.807) is 37.3 Å². The summed E-state index contributed by atoms with van der Waals surface area (Å²) in [5, 5.41) is 0. The Morgan fingerprint density at radius 2 is 1.75 bits per heavy atom. The first-order valence-electron chi connectivity index (χ1n) is 10.5. The molecule has 1 heterocycles. The molecule has 6 nitrogen and oxygen atoms in total. The quantitative estimate of drug-likeness (QED) is 0.522. The van der Waals surface area contributed by atoms with Gasteiger partial charge in [0.05, 0.1) is 19.2 Å². The maximum atomic E-state index is 12.9. The zero-order chi connectivity index (χ0) is 22.5. The van der Waals surface area contributed by atoms with Crippen LogP contribution in [0.3, 0.4) is 0 Å². The number of fused-ring (bicyclic) bond motifs is 1. The number of nitrogens with zero attached hydrogens (tertiary/aromatic N) is 1. The first kappa shape index (κ1) is 21.4. The Bertz CT molecular complexity index is 1090. The molecule has 6 heteroatoms. The Labute approximate surface area is 187 Å². The zero-order valence-electron chi connectivity index (χ0n) is 18.1. The third-order valence-electron chi connectivity index (χ3n) is 5.50. The van der Waals surface area contributed by atoms with Crippen LogP contribution in [0.4, 0.5) is 0 Å². The van der Waals surface area contributed by atoms with Crippen molar-refractivity contribution in [1.29, 1.82) is 0 Å². The molecular formula is C26H25NO5. The number of amides is 1. The Balaban J connectivity index is 1.40. The van der Waals surface area contributed by atoms with E-state index in [1.165, 1.54) is 0 Å². The number of rotatable bonds is 7. The van der Waals surface area contributed by atoms with Crippen LogP contribution in [0.25, 0.3) is 0 Å². The largest absolute Gasteiger partial charge is 0.497 e. The second-order valence-electron chi connectivity index (χ2n) is 7.63. The van der Waals surface area contributed by atoms with Crippen LogP contribution in [0, 0.1) is 0 Å². The fraction of sp³-hybridized carbons (Fsp3) is 0.231. The van der Waals surface area contributed by atoms with Crippen LogP contribution in [0.1, 0.15) is 37.9 Å². The summed E-state index contributed by atoms with van der Waals surface area (Å²) in [5.74, 6) is 0.989. The second kappa shape index (κ2) is 9.56. The van der Waals surface area contributed by atoms with Gasteiger partial charge < -0.3 is 19.1 Å². The van der Waals surface area contributed by atoms with Gasteiger partial charge in [0.2, 0.25) is 0 Å². The summed E-state index contributed by atoms with van der Waals surface area (Å²) in [6.45, 7) is 0.790. The molecule has 0 N–H and O–H groups in total. The number of carbonyl (C=O) groups is 2. The molecule has 0 saturated heterocycles. The minimum Gasteiger partial charge on any atom is -0.497 e. The van der Waals surface area contributed by atoms with Crippen molar-refractivity contribution in [1.82, 2.24) is 4.90 Å². The van der Waals surface area contributed by atoms with Crippen LogP contribution in [0.5, 0.6) is 11.5 Å². The molecule has 1 aliphatic rings. The van der Waals surface area contributed by atoms with Gasteiger partial charge in [-0.3, -0.25) is 4.79 Å². The second-order valence-corrected chi connectivity index (χ2v) is 7.63. The van der Waals surface area contributed by atoms with Gasteiger partial charge in [0.25, 0.3) is 5.91 Å². The van der Waals surface area contributed by atoms with Crippen LogP contribution in [-0.2, 0) is 11.2 Å². The molecule has 3 aromatic carbocycles. The lowest BCUT2D eigenvalue weighted by atomic mass is 9.93. The highest BCUT2D eigenvalue weighted by molar-refractivity contribution is 5.97. The van der Waals surface area contributed by atoms with E-state index in [9.17, 15) is 9.59 Å². The molecule has 4 rings (SSSR count). The maximum Gasteiger partial charge on any atom is 0.339 e. The van der Waals surface area contributed by atoms with Gasteiger partial charge in [-0.1, -0.05) is 30.3 Å². The van der Waals surface area contributed by atoms with Crippen LogP contribution in [0.2, 0.25) is 0 Å². The number of benzene rings is 3. The Morgan fingerprint density at radius 1 is 1.03 bits per heavy atom. The van der Waals surface area contributed by atoms with Gasteiger partial charge in [0.1, 0.15) is 24.2 Å². The number of cyclic esters (lactones) is 1. The number of ether oxygens (including phenoxy) is 3. The summed E-state index contributed by atoms with van der Waals surface area (Å²) in [6, 6.07) is 22.1. The van der Waals surface area contributed by atoms with Crippen molar-refractivity contribution in [3.63, 3.8) is 0 Å². The lowest BCUT2D eigenvalue weighted by molar-refractivity contribution is 0.0252. The summed E-state index contributed by atoms with van der Waals surface area (Å²) < 4.78 is 16.4. The molecule has 0 spiro atoms. The van der Waals surface area contributed by atoms with E-state index in [4.69, 9.17) is 14.2 Å². The van der Waals surface area contributed by atoms with Gasteiger partial charge in [0.15, 0.2) is 0 Å². The van der Waals surface area contributed by atoms with Crippen LogP contribution in [0.15, 0.2) is 72.8 Å². The average molecular weight is 431 g/mol. The summed E-state index contributed by atoms with van der Waals surface area (Å²) in [5.41, 5.74) is 2.82. The molecule has 0 saturated carbocycles. The monoisotopic (exact) mass is 431 g/mol. The van der Waals surface area contributed by atoms with E-state index in [2.05, 4.69) is 0 Å². The van der Waals surface area contributed by atoms with Crippen molar-refractivity contribution in [3.05, 3.63) is 95.1 Å². The SMILES string of the molecule is COc1ccc(OCCN(C)C(=O)c2ccc3c(c2)CC(c2ccccc2)OC3=O)cc1. The highest BCUT2D eigenvalue weighted by Gasteiger charge is 2.28. The predicted octanol–water partition coefficient (Wildman–Crippen LogP) is 4.30. The van der Waals surface area contributed by atoms with Crippen LogP contribution < -0.4 is 9.47 Å². The summed E-state index contributed by atoms with van der Waals surface area (Å²) in [4.78, 5) is 27.0. The Morgan fingerprint density at radius 3 is 2.47 bits per heavy atom. The third kappa shape index (κ3) is 4.75. The highest BCUT2D eigenvalue weighted by Crippen LogP contribution is 2.31. The minimum atomic E-state index is -0.361. The van der Waals surface area contributed by atoms with E-state index in [0.717, 1.165) is 16.9 Å². The molecule has 164 valence electrons. The van der Waals surface area contributed by atoms with E-state index in [1.807, 2.05) is 54.6 Å². The van der Waals surface area contributed by atoms with Crippen LogP contribution in [-0.4, -0.2) is 44.1 Å². The first-order chi connectivity index (χ1) is 15.5. The van der Waals surface area contributed by atoms with E-state index in [0.29, 0.717) is 36.4 Å². The minimum absolute atomic E-state index is 0.124. The Kier molecular flexibility index (Phi) is 6.40. The number of esters is 1. The van der Waals surface area contributed by atoms with E-state index >= 15 is 0 Å². The molecule has 1 unspecified atom stereocenters. The highest BCUT2D eigenvalue weighted by atomic mass is 16.5. The molecule has 1 aliphatic heterocycles. The molecular weight excluding hydrogens is 406 g/mol. The molecule has 0 radical (unpaired) electrons. The van der Waals surface area contributed by atoms with Gasteiger partial charge in [0, 0.05) is 19.0 Å². The summed E-state index contributed by atoms with van der Waals surface area (Å²) >= 11 is 0. The van der Waals surface area contributed by atoms with E-state index < -0.39 is 0 Å². The maximum absolute atomic E-state index is 12.9. The third-order valence-corrected chi connectivity index (χ3v) is 5.50. The van der Waals surface area contributed by atoms with Crippen molar-refractivity contribution in [2.75, 3.05) is 27.3 Å². The normalized spacial score (nSPS) is 14.8. The van der Waals surface area contributed by atoms with Gasteiger partial charge >= 0.3 is 5.97 Å². The topological polar surface area (TPSA) is 65.1 Å². The number of carbonyl (C=O) groups excluding carboxylic acids is 2. The van der Waals surface area contributed by atoms with Gasteiger partial charge in [-0.25, -0.2) is 4.79 Å². The summed E-state index contributed by atoms with van der Waals surface area (Å²) in [6.07, 6.45) is 0.188. The number of hydrogen-bond acceptors (Lipinski definition) is 5. The fourth-order valence-corrected chi connectivity index (χ4v) is 3.68. The lowest BCUT2D eigenvalue weighted by Crippen LogP contribution is -2.31. The van der Waals surface area contributed by atoms with Crippen molar-refractivity contribution in [2.45, 2.75) is 12.5 Å². The van der Waals surface area contributed by atoms with E-state index in [-0.39, 0.29) is 18.0 Å². The number of methoxy groups -OCH3 is 1. The molecule has 0 bridgehead atoms. The predicted molar refractivity (Wildman–Crippen MR) is 120 cm³/mol. The number of hydrogen-bond donors (Lipinski definition) is 0. The smallest absolute Gasteiger partial charge is 0.339 e. The first-order valence-corrected chi connectivity index (χ1v) is 10.5. The van der Waals surface area contributed by atoms with Gasteiger partial charge in [-0.15, -0.1) is 0 Å². The number of likely N-dealkylation sites (N-methyl/N-ethyl adjacent to an activating group) is 1.